The average Bonchev–Trinajstić information content (AvgIpc) is 3.23. The van der Waals surface area contributed by atoms with Gasteiger partial charge in [0, 0.05) is 18.3 Å². The van der Waals surface area contributed by atoms with Gasteiger partial charge in [0.2, 0.25) is 0 Å². The largest absolute Gasteiger partial charge is 0.390 e. The minimum absolute atomic E-state index is 0.167. The Bertz CT molecular complexity index is 968. The quantitative estimate of drug-likeness (QED) is 0.472. The van der Waals surface area contributed by atoms with Crippen LogP contribution >= 0.6 is 0 Å². The molecule has 31 heavy (non-hydrogen) atoms. The van der Waals surface area contributed by atoms with Crippen LogP contribution in [0.25, 0.3) is 11.2 Å². The number of nitrogens with zero attached hydrogens (tertiary/aromatic N) is 2. The topological polar surface area (TPSA) is 115 Å². The Morgan fingerprint density at radius 1 is 1.10 bits per heavy atom. The number of carbonyl (C=O) groups excluding carboxylic acids is 1. The van der Waals surface area contributed by atoms with E-state index in [-0.39, 0.29) is 11.9 Å². The Labute approximate surface area is 182 Å². The lowest BCUT2D eigenvalue weighted by Crippen LogP contribution is -2.59. The summed E-state index contributed by atoms with van der Waals surface area (Å²) >= 11 is 0. The van der Waals surface area contributed by atoms with Crippen molar-refractivity contribution in [2.24, 2.45) is 17.8 Å². The summed E-state index contributed by atoms with van der Waals surface area (Å²) in [5.41, 5.74) is 8.40. The molecule has 0 aliphatic heterocycles. The first-order valence-electron chi connectivity index (χ1n) is 11.9. The highest BCUT2D eigenvalue weighted by Crippen LogP contribution is 2.56. The SMILES string of the molecule is O=C(NNC1CCCCC1)c1cnc2nc[nH]c2c1NC1[C@@H]2CC3C[C@H]1CC(O)(C3)C2. The van der Waals surface area contributed by atoms with E-state index in [4.69, 9.17) is 0 Å². The summed E-state index contributed by atoms with van der Waals surface area (Å²) < 4.78 is 0. The molecule has 0 spiro atoms. The lowest BCUT2D eigenvalue weighted by Gasteiger charge is -2.58. The van der Waals surface area contributed by atoms with Gasteiger partial charge in [-0.1, -0.05) is 19.3 Å². The summed E-state index contributed by atoms with van der Waals surface area (Å²) in [5, 5.41) is 14.7. The van der Waals surface area contributed by atoms with Gasteiger partial charge in [-0.3, -0.25) is 10.2 Å². The van der Waals surface area contributed by atoms with Crippen molar-refractivity contribution in [1.29, 1.82) is 0 Å². The third kappa shape index (κ3) is 3.49. The summed E-state index contributed by atoms with van der Waals surface area (Å²) in [6.07, 6.45) is 14.2. The number of hydrogen-bond acceptors (Lipinski definition) is 6. The highest BCUT2D eigenvalue weighted by molar-refractivity contribution is 6.05. The molecule has 5 atom stereocenters. The first kappa shape index (κ1) is 19.5. The number of rotatable bonds is 5. The zero-order valence-electron chi connectivity index (χ0n) is 17.9. The number of aromatic amines is 1. The third-order valence-corrected chi connectivity index (χ3v) is 8.25. The standard InChI is InChI=1S/C23H32N6O2/c30-22(29-28-16-4-2-1-3-5-16)17-11-24-21-20(25-12-26-21)19(17)27-18-14-6-13-7-15(18)10-23(31,8-13)9-14/h11-16,18,28,31H,1-10H2,(H,29,30)(H2,24,25,26,27)/t13?,14-,15+,18?,23?. The number of fused-ring (bicyclic) bond motifs is 1. The molecule has 5 aliphatic carbocycles. The first-order chi connectivity index (χ1) is 15.1. The number of aliphatic hydroxyl groups is 1. The van der Waals surface area contributed by atoms with Gasteiger partial charge < -0.3 is 15.4 Å². The number of anilines is 1. The second-order valence-corrected chi connectivity index (χ2v) is 10.4. The number of hydrogen-bond donors (Lipinski definition) is 5. The van der Waals surface area contributed by atoms with Crippen LogP contribution in [0.15, 0.2) is 12.5 Å². The van der Waals surface area contributed by atoms with Crippen molar-refractivity contribution >= 4 is 22.8 Å². The number of pyridine rings is 1. The highest BCUT2D eigenvalue weighted by atomic mass is 16.3. The monoisotopic (exact) mass is 424 g/mol. The molecule has 0 aromatic carbocycles. The van der Waals surface area contributed by atoms with Crippen LogP contribution in [-0.2, 0) is 0 Å². The number of H-pyrrole nitrogens is 1. The molecule has 2 aromatic heterocycles. The van der Waals surface area contributed by atoms with Gasteiger partial charge >= 0.3 is 0 Å². The summed E-state index contributed by atoms with van der Waals surface area (Å²) in [6.45, 7) is 0. The minimum atomic E-state index is -0.472. The maximum absolute atomic E-state index is 13.1. The van der Waals surface area contributed by atoms with Crippen molar-refractivity contribution < 1.29 is 9.90 Å². The molecule has 5 fully saturated rings. The maximum Gasteiger partial charge on any atom is 0.269 e. The Balaban J connectivity index is 1.26. The van der Waals surface area contributed by atoms with E-state index in [2.05, 4.69) is 31.1 Å². The van der Waals surface area contributed by atoms with Gasteiger partial charge in [-0.05, 0) is 62.7 Å². The summed E-state index contributed by atoms with van der Waals surface area (Å²) in [7, 11) is 0. The smallest absolute Gasteiger partial charge is 0.269 e. The second-order valence-electron chi connectivity index (χ2n) is 10.4. The Morgan fingerprint density at radius 3 is 2.61 bits per heavy atom. The molecule has 166 valence electrons. The van der Waals surface area contributed by atoms with Gasteiger partial charge in [0.1, 0.15) is 5.52 Å². The van der Waals surface area contributed by atoms with Crippen LogP contribution in [0.2, 0.25) is 0 Å². The van der Waals surface area contributed by atoms with E-state index in [0.717, 1.165) is 43.3 Å². The van der Waals surface area contributed by atoms with Gasteiger partial charge in [0.25, 0.3) is 5.91 Å². The minimum Gasteiger partial charge on any atom is -0.390 e. The Kier molecular flexibility index (Phi) is 4.68. The zero-order chi connectivity index (χ0) is 21.0. The normalized spacial score (nSPS) is 34.9. The van der Waals surface area contributed by atoms with Crippen LogP contribution in [0.5, 0.6) is 0 Å². The Hall–Kier alpha value is -2.19. The van der Waals surface area contributed by atoms with Crippen LogP contribution in [0, 0.1) is 17.8 Å². The number of nitrogens with one attached hydrogen (secondary N) is 4. The van der Waals surface area contributed by atoms with Crippen molar-refractivity contribution in [1.82, 2.24) is 25.8 Å². The number of imidazole rings is 1. The molecule has 5 N–H and O–H groups in total. The summed E-state index contributed by atoms with van der Waals surface area (Å²) in [4.78, 5) is 25.0. The Morgan fingerprint density at radius 2 is 1.87 bits per heavy atom. The van der Waals surface area contributed by atoms with Gasteiger partial charge in [0.15, 0.2) is 5.65 Å². The van der Waals surface area contributed by atoms with E-state index in [9.17, 15) is 9.90 Å². The lowest BCUT2D eigenvalue weighted by atomic mass is 9.52. The molecule has 4 bridgehead atoms. The fourth-order valence-electron chi connectivity index (χ4n) is 7.08. The summed E-state index contributed by atoms with van der Waals surface area (Å²) in [5.74, 6) is 1.37. The lowest BCUT2D eigenvalue weighted by molar-refractivity contribution is -0.129. The molecule has 0 radical (unpaired) electrons. The van der Waals surface area contributed by atoms with Crippen LogP contribution < -0.4 is 16.2 Å². The summed E-state index contributed by atoms with van der Waals surface area (Å²) in [6, 6.07) is 0.603. The number of aromatic nitrogens is 3. The van der Waals surface area contributed by atoms with E-state index in [1.165, 1.54) is 32.1 Å². The van der Waals surface area contributed by atoms with Crippen molar-refractivity contribution in [2.45, 2.75) is 81.9 Å². The fourth-order valence-corrected chi connectivity index (χ4v) is 7.08. The number of amides is 1. The van der Waals surface area contributed by atoms with Gasteiger partial charge in [-0.15, -0.1) is 0 Å². The highest BCUT2D eigenvalue weighted by Gasteiger charge is 2.54. The van der Waals surface area contributed by atoms with Crippen molar-refractivity contribution in [3.63, 3.8) is 0 Å². The van der Waals surface area contributed by atoms with E-state index in [1.807, 2.05) is 0 Å². The number of carbonyl (C=O) groups is 1. The van der Waals surface area contributed by atoms with Gasteiger partial charge in [0.05, 0.1) is 23.2 Å². The van der Waals surface area contributed by atoms with Crippen molar-refractivity contribution in [2.75, 3.05) is 5.32 Å². The molecule has 5 saturated carbocycles. The van der Waals surface area contributed by atoms with Gasteiger partial charge in [-0.25, -0.2) is 15.4 Å². The molecule has 0 saturated heterocycles. The van der Waals surface area contributed by atoms with Crippen LogP contribution in [0.4, 0.5) is 5.69 Å². The molecule has 7 rings (SSSR count). The molecular formula is C23H32N6O2. The van der Waals surface area contributed by atoms with E-state index >= 15 is 0 Å². The zero-order valence-corrected chi connectivity index (χ0v) is 17.9. The van der Waals surface area contributed by atoms with Crippen LogP contribution in [0.1, 0.15) is 74.6 Å². The predicted molar refractivity (Wildman–Crippen MR) is 117 cm³/mol. The molecular weight excluding hydrogens is 392 g/mol. The van der Waals surface area contributed by atoms with E-state index < -0.39 is 5.60 Å². The van der Waals surface area contributed by atoms with Crippen LogP contribution in [0.3, 0.4) is 0 Å². The van der Waals surface area contributed by atoms with Crippen molar-refractivity contribution in [3.05, 3.63) is 18.1 Å². The molecule has 2 aromatic rings. The molecule has 8 heteroatoms. The van der Waals surface area contributed by atoms with E-state index in [0.29, 0.717) is 35.0 Å². The average molecular weight is 425 g/mol. The molecule has 5 aliphatic rings. The maximum atomic E-state index is 13.1. The second kappa shape index (κ2) is 7.45. The molecule has 2 heterocycles. The predicted octanol–water partition coefficient (Wildman–Crippen LogP) is 2.88. The molecule has 8 nitrogen and oxygen atoms in total. The molecule has 1 amide bonds. The molecule has 3 unspecified atom stereocenters. The third-order valence-electron chi connectivity index (χ3n) is 8.25. The first-order valence-corrected chi connectivity index (χ1v) is 11.9. The van der Waals surface area contributed by atoms with Crippen LogP contribution in [-0.4, -0.2) is 43.7 Å². The van der Waals surface area contributed by atoms with Gasteiger partial charge in [-0.2, -0.15) is 0 Å². The van der Waals surface area contributed by atoms with Crippen molar-refractivity contribution in [3.8, 4) is 0 Å². The number of hydrazine groups is 1. The fraction of sp³-hybridized carbons (Fsp3) is 0.696. The van der Waals surface area contributed by atoms with E-state index in [1.54, 1.807) is 12.5 Å².